The first-order valence-corrected chi connectivity index (χ1v) is 11.1. The van der Waals surface area contributed by atoms with Gasteiger partial charge in [0.05, 0.1) is 24.3 Å². The number of fused-ring (bicyclic) bond motifs is 1. The highest BCUT2D eigenvalue weighted by molar-refractivity contribution is 6.52. The molecule has 5 rings (SSSR count). The van der Waals surface area contributed by atoms with Gasteiger partial charge in [-0.15, -0.1) is 0 Å². The number of para-hydroxylation sites is 1. The standard InChI is InChI=1S/C28H23FN2O4/c1-15-12-16(2)27(35-3)20(13-15)25(32)23-24(21-14-30-22-7-5-4-6-19(21)22)31(28(34)26(23)33)18-10-8-17(29)9-11-18/h4-14,24,30,32H,1-3H3/b25-23+. The van der Waals surface area contributed by atoms with Crippen molar-refractivity contribution < 1.29 is 23.8 Å². The summed E-state index contributed by atoms with van der Waals surface area (Å²) < 4.78 is 19.2. The van der Waals surface area contributed by atoms with Crippen LogP contribution in [0.3, 0.4) is 0 Å². The highest BCUT2D eigenvalue weighted by Crippen LogP contribution is 2.45. The number of halogens is 1. The van der Waals surface area contributed by atoms with Crippen LogP contribution in [0.25, 0.3) is 16.7 Å². The van der Waals surface area contributed by atoms with Gasteiger partial charge in [0.15, 0.2) is 0 Å². The molecular formula is C28H23FN2O4. The SMILES string of the molecule is COc1c(C)cc(C)cc1/C(O)=C1\C(=O)C(=O)N(c2ccc(F)cc2)C1c1c[nH]c2ccccc12. The van der Waals surface area contributed by atoms with Crippen molar-refractivity contribution in [3.05, 3.63) is 101 Å². The fourth-order valence-electron chi connectivity index (χ4n) is 4.86. The molecule has 3 aromatic carbocycles. The van der Waals surface area contributed by atoms with E-state index in [0.717, 1.165) is 22.0 Å². The van der Waals surface area contributed by atoms with Gasteiger partial charge in [0.2, 0.25) is 0 Å². The number of methoxy groups -OCH3 is 1. The van der Waals surface area contributed by atoms with Gasteiger partial charge in [0.1, 0.15) is 17.3 Å². The molecule has 1 amide bonds. The summed E-state index contributed by atoms with van der Waals surface area (Å²) in [5, 5.41) is 12.3. The van der Waals surface area contributed by atoms with Crippen LogP contribution in [-0.4, -0.2) is 28.9 Å². The van der Waals surface area contributed by atoms with Crippen LogP contribution < -0.4 is 9.64 Å². The number of ether oxygens (including phenoxy) is 1. The minimum Gasteiger partial charge on any atom is -0.507 e. The Balaban J connectivity index is 1.82. The monoisotopic (exact) mass is 470 g/mol. The van der Waals surface area contributed by atoms with E-state index in [2.05, 4.69) is 4.98 Å². The number of amides is 1. The van der Waals surface area contributed by atoms with Gasteiger partial charge in [-0.3, -0.25) is 14.5 Å². The fraction of sp³-hybridized carbons (Fsp3) is 0.143. The Morgan fingerprint density at radius 1 is 1.06 bits per heavy atom. The maximum atomic E-state index is 13.7. The van der Waals surface area contributed by atoms with E-state index in [1.807, 2.05) is 44.2 Å². The Morgan fingerprint density at radius 3 is 2.49 bits per heavy atom. The number of carbonyl (C=O) groups is 2. The zero-order chi connectivity index (χ0) is 24.9. The average Bonchev–Trinajstić information content (AvgIpc) is 3.37. The molecule has 6 nitrogen and oxygen atoms in total. The van der Waals surface area contributed by atoms with Crippen LogP contribution >= 0.6 is 0 Å². The summed E-state index contributed by atoms with van der Waals surface area (Å²) in [5.41, 5.74) is 3.70. The number of aliphatic hydroxyl groups is 1. The van der Waals surface area contributed by atoms with E-state index in [1.54, 1.807) is 12.3 Å². The lowest BCUT2D eigenvalue weighted by atomic mass is 9.93. The molecular weight excluding hydrogens is 447 g/mol. The number of aryl methyl sites for hydroxylation is 2. The van der Waals surface area contributed by atoms with E-state index >= 15 is 0 Å². The van der Waals surface area contributed by atoms with Crippen molar-refractivity contribution in [1.29, 1.82) is 0 Å². The van der Waals surface area contributed by atoms with Crippen molar-refractivity contribution >= 4 is 34.0 Å². The molecule has 1 atom stereocenters. The number of hydrogen-bond acceptors (Lipinski definition) is 4. The van der Waals surface area contributed by atoms with Gasteiger partial charge in [0, 0.05) is 28.4 Å². The first-order valence-electron chi connectivity index (χ1n) is 11.1. The zero-order valence-corrected chi connectivity index (χ0v) is 19.4. The molecule has 2 N–H and O–H groups in total. The van der Waals surface area contributed by atoms with E-state index in [9.17, 15) is 19.1 Å². The number of aliphatic hydroxyl groups excluding tert-OH is 1. The third-order valence-corrected chi connectivity index (χ3v) is 6.34. The molecule has 1 aliphatic heterocycles. The van der Waals surface area contributed by atoms with E-state index in [1.165, 1.54) is 36.3 Å². The van der Waals surface area contributed by atoms with Crippen LogP contribution in [0.1, 0.15) is 28.3 Å². The number of ketones is 1. The first-order chi connectivity index (χ1) is 16.8. The Hall–Kier alpha value is -4.39. The van der Waals surface area contributed by atoms with E-state index in [-0.39, 0.29) is 11.3 Å². The molecule has 1 aromatic heterocycles. The number of anilines is 1. The normalized spacial score (nSPS) is 17.4. The minimum atomic E-state index is -0.942. The van der Waals surface area contributed by atoms with Crippen molar-refractivity contribution in [2.75, 3.05) is 12.0 Å². The molecule has 1 aliphatic rings. The molecule has 1 unspecified atom stereocenters. The summed E-state index contributed by atoms with van der Waals surface area (Å²) in [5.74, 6) is -2.01. The number of carbonyl (C=O) groups excluding carboxylic acids is 2. The van der Waals surface area contributed by atoms with Crippen molar-refractivity contribution in [2.24, 2.45) is 0 Å². The third kappa shape index (κ3) is 3.56. The molecule has 0 aliphatic carbocycles. The molecule has 4 aromatic rings. The largest absolute Gasteiger partial charge is 0.507 e. The fourth-order valence-corrected chi connectivity index (χ4v) is 4.86. The van der Waals surface area contributed by atoms with Gasteiger partial charge in [-0.2, -0.15) is 0 Å². The van der Waals surface area contributed by atoms with Gasteiger partial charge in [-0.05, 0) is 61.4 Å². The number of nitrogens with one attached hydrogen (secondary N) is 1. The molecule has 0 bridgehead atoms. The van der Waals surface area contributed by atoms with Crippen LogP contribution in [0.2, 0.25) is 0 Å². The van der Waals surface area contributed by atoms with Crippen molar-refractivity contribution in [3.8, 4) is 5.75 Å². The number of nitrogens with zero attached hydrogens (tertiary/aromatic N) is 1. The Bertz CT molecular complexity index is 1520. The predicted octanol–water partition coefficient (Wildman–Crippen LogP) is 5.56. The molecule has 0 spiro atoms. The summed E-state index contributed by atoms with van der Waals surface area (Å²) in [6.45, 7) is 3.72. The number of aromatic amines is 1. The smallest absolute Gasteiger partial charge is 0.300 e. The number of hydrogen-bond donors (Lipinski definition) is 2. The zero-order valence-electron chi connectivity index (χ0n) is 19.4. The number of benzene rings is 3. The highest BCUT2D eigenvalue weighted by atomic mass is 19.1. The molecule has 35 heavy (non-hydrogen) atoms. The molecule has 2 heterocycles. The molecule has 0 radical (unpaired) electrons. The molecule has 0 saturated carbocycles. The first kappa shape index (κ1) is 22.4. The van der Waals surface area contributed by atoms with Crippen LogP contribution in [0.5, 0.6) is 5.75 Å². The molecule has 1 saturated heterocycles. The van der Waals surface area contributed by atoms with E-state index < -0.39 is 23.5 Å². The second-order valence-corrected chi connectivity index (χ2v) is 8.60. The van der Waals surface area contributed by atoms with Crippen molar-refractivity contribution in [1.82, 2.24) is 4.98 Å². The number of aromatic nitrogens is 1. The summed E-state index contributed by atoms with van der Waals surface area (Å²) in [6.07, 6.45) is 1.73. The molecule has 176 valence electrons. The van der Waals surface area contributed by atoms with Crippen LogP contribution in [0.15, 0.2) is 72.4 Å². The third-order valence-electron chi connectivity index (χ3n) is 6.34. The lowest BCUT2D eigenvalue weighted by Gasteiger charge is -2.25. The Labute approximate surface area is 201 Å². The maximum absolute atomic E-state index is 13.7. The van der Waals surface area contributed by atoms with Gasteiger partial charge >= 0.3 is 0 Å². The number of rotatable bonds is 4. The van der Waals surface area contributed by atoms with Gasteiger partial charge in [-0.25, -0.2) is 4.39 Å². The predicted molar refractivity (Wildman–Crippen MR) is 132 cm³/mol. The number of H-pyrrole nitrogens is 1. The maximum Gasteiger partial charge on any atom is 0.300 e. The van der Waals surface area contributed by atoms with Gasteiger partial charge in [0.25, 0.3) is 11.7 Å². The summed E-state index contributed by atoms with van der Waals surface area (Å²) >= 11 is 0. The quantitative estimate of drug-likeness (QED) is 0.232. The lowest BCUT2D eigenvalue weighted by Crippen LogP contribution is -2.29. The van der Waals surface area contributed by atoms with E-state index in [0.29, 0.717) is 22.6 Å². The summed E-state index contributed by atoms with van der Waals surface area (Å²) in [4.78, 5) is 31.3. The highest BCUT2D eigenvalue weighted by Gasteiger charge is 2.48. The lowest BCUT2D eigenvalue weighted by molar-refractivity contribution is -0.132. The summed E-state index contributed by atoms with van der Waals surface area (Å²) in [6, 6.07) is 15.5. The summed E-state index contributed by atoms with van der Waals surface area (Å²) in [7, 11) is 1.49. The van der Waals surface area contributed by atoms with Crippen molar-refractivity contribution in [2.45, 2.75) is 19.9 Å². The van der Waals surface area contributed by atoms with E-state index in [4.69, 9.17) is 4.74 Å². The van der Waals surface area contributed by atoms with Crippen LogP contribution in [-0.2, 0) is 9.59 Å². The average molecular weight is 471 g/mol. The van der Waals surface area contributed by atoms with Crippen molar-refractivity contribution in [3.63, 3.8) is 0 Å². The Kier molecular flexibility index (Phi) is 5.40. The minimum absolute atomic E-state index is 0.0626. The van der Waals surface area contributed by atoms with Crippen LogP contribution in [0.4, 0.5) is 10.1 Å². The number of Topliss-reactive ketones (excluding diaryl/α,β-unsaturated/α-hetero) is 1. The second kappa shape index (κ2) is 8.43. The molecule has 1 fully saturated rings. The molecule has 7 heteroatoms. The Morgan fingerprint density at radius 2 is 1.77 bits per heavy atom. The van der Waals surface area contributed by atoms with Gasteiger partial charge in [-0.1, -0.05) is 24.3 Å². The topological polar surface area (TPSA) is 82.6 Å². The second-order valence-electron chi connectivity index (χ2n) is 8.60. The van der Waals surface area contributed by atoms with Crippen LogP contribution in [0, 0.1) is 19.7 Å². The van der Waals surface area contributed by atoms with Gasteiger partial charge < -0.3 is 14.8 Å².